The van der Waals surface area contributed by atoms with Crippen LogP contribution in [0.4, 0.5) is 0 Å². The van der Waals surface area contributed by atoms with Crippen LogP contribution in [0.15, 0.2) is 95.9 Å². The van der Waals surface area contributed by atoms with E-state index in [9.17, 15) is 13.6 Å². The maximum Gasteiger partial charge on any atom is 0.182 e. The minimum Gasteiger partial charge on any atom is -0.290 e. The molecule has 0 radical (unpaired) electrons. The molecule has 34 heavy (non-hydrogen) atoms. The number of fused-ring (bicyclic) bond motifs is 2. The molecule has 3 aromatic rings. The van der Waals surface area contributed by atoms with E-state index in [-0.39, 0.29) is 6.04 Å². The Kier molecular flexibility index (Phi) is 6.31. The maximum absolute atomic E-state index is 14.0. The van der Waals surface area contributed by atoms with Crippen LogP contribution in [-0.2, 0) is 26.8 Å². The molecule has 6 nitrogen and oxygen atoms in total. The first kappa shape index (κ1) is 23.2. The third-order valence-electron chi connectivity index (χ3n) is 7.33. The van der Waals surface area contributed by atoms with E-state index in [1.165, 1.54) is 7.05 Å². The van der Waals surface area contributed by atoms with E-state index >= 15 is 0 Å². The van der Waals surface area contributed by atoms with Crippen molar-refractivity contribution in [2.75, 3.05) is 7.05 Å². The fourth-order valence-electron chi connectivity index (χ4n) is 5.94. The van der Waals surface area contributed by atoms with Gasteiger partial charge in [-0.05, 0) is 42.5 Å². The fraction of sp³-hybridized carbons (Fsp3) is 0.333. The van der Waals surface area contributed by atoms with E-state index in [4.69, 9.17) is 4.84 Å². The summed E-state index contributed by atoms with van der Waals surface area (Å²) in [4.78, 5) is 8.64. The van der Waals surface area contributed by atoms with Gasteiger partial charge in [0.2, 0.25) is 0 Å². The number of piperidine rings is 1. The van der Waals surface area contributed by atoms with Gasteiger partial charge in [-0.15, -0.1) is 0 Å². The first-order valence-electron chi connectivity index (χ1n) is 11.7. The van der Waals surface area contributed by atoms with E-state index < -0.39 is 26.7 Å². The summed E-state index contributed by atoms with van der Waals surface area (Å²) in [5.74, 6) is 0. The lowest BCUT2D eigenvalue weighted by Gasteiger charge is -2.50. The van der Waals surface area contributed by atoms with Gasteiger partial charge in [-0.1, -0.05) is 84.1 Å². The third kappa shape index (κ3) is 3.97. The summed E-state index contributed by atoms with van der Waals surface area (Å²) in [6.07, 6.45) is 1.30. The van der Waals surface area contributed by atoms with Crippen molar-refractivity contribution >= 4 is 9.84 Å². The number of hydrogen-bond donors (Lipinski definition) is 1. The number of benzene rings is 3. The van der Waals surface area contributed by atoms with Crippen LogP contribution in [0.2, 0.25) is 0 Å². The van der Waals surface area contributed by atoms with Crippen LogP contribution < -0.4 is 0 Å². The Bertz CT molecular complexity index is 1210. The lowest BCUT2D eigenvalue weighted by atomic mass is 9.78. The molecule has 2 fully saturated rings. The Morgan fingerprint density at radius 3 is 2.15 bits per heavy atom. The zero-order valence-corrected chi connectivity index (χ0v) is 20.0. The summed E-state index contributed by atoms with van der Waals surface area (Å²) < 4.78 is 27.9. The minimum atomic E-state index is -3.59. The van der Waals surface area contributed by atoms with E-state index in [0.717, 1.165) is 16.4 Å². The highest BCUT2D eigenvalue weighted by Crippen LogP contribution is 2.55. The highest BCUT2D eigenvalue weighted by molar-refractivity contribution is 7.92. The largest absolute Gasteiger partial charge is 0.290 e. The average molecular weight is 479 g/mol. The van der Waals surface area contributed by atoms with E-state index in [1.54, 1.807) is 24.3 Å². The van der Waals surface area contributed by atoms with Crippen LogP contribution in [0.3, 0.4) is 0 Å². The predicted octanol–water partition coefficient (Wildman–Crippen LogP) is 4.41. The van der Waals surface area contributed by atoms with Crippen LogP contribution in [0.5, 0.6) is 0 Å². The first-order valence-corrected chi connectivity index (χ1v) is 13.2. The topological polar surface area (TPSA) is 70.1 Å². The third-order valence-corrected chi connectivity index (χ3v) is 9.54. The Labute approximate surface area is 201 Å². The van der Waals surface area contributed by atoms with Gasteiger partial charge in [0, 0.05) is 19.6 Å². The molecule has 5 rings (SSSR count). The summed E-state index contributed by atoms with van der Waals surface area (Å²) >= 11 is 0. The zero-order chi connectivity index (χ0) is 23.8. The normalized spacial score (nSPS) is 27.2. The van der Waals surface area contributed by atoms with Crippen molar-refractivity contribution in [1.82, 2.24) is 10.1 Å². The van der Waals surface area contributed by atoms with Crippen molar-refractivity contribution in [1.29, 1.82) is 0 Å². The fourth-order valence-corrected chi connectivity index (χ4v) is 7.99. The first-order chi connectivity index (χ1) is 16.4. The van der Waals surface area contributed by atoms with E-state index in [0.29, 0.717) is 30.7 Å². The van der Waals surface area contributed by atoms with Gasteiger partial charge in [0.15, 0.2) is 9.84 Å². The van der Waals surface area contributed by atoms with Crippen molar-refractivity contribution in [3.8, 4) is 0 Å². The molecule has 0 amide bonds. The molecule has 2 heterocycles. The second kappa shape index (κ2) is 9.24. The second-order valence-corrected chi connectivity index (χ2v) is 11.4. The van der Waals surface area contributed by atoms with Gasteiger partial charge in [-0.25, -0.2) is 8.42 Å². The molecule has 1 N–H and O–H groups in total. The van der Waals surface area contributed by atoms with Gasteiger partial charge >= 0.3 is 0 Å². The molecule has 4 unspecified atom stereocenters. The van der Waals surface area contributed by atoms with Crippen LogP contribution in [0.1, 0.15) is 30.4 Å². The molecule has 3 aromatic carbocycles. The molecule has 178 valence electrons. The summed E-state index contributed by atoms with van der Waals surface area (Å²) in [5, 5.41) is 10.2. The number of hydroxylamine groups is 2. The van der Waals surface area contributed by atoms with Gasteiger partial charge in [0.1, 0.15) is 6.10 Å². The zero-order valence-electron chi connectivity index (χ0n) is 19.2. The van der Waals surface area contributed by atoms with Crippen molar-refractivity contribution < 1.29 is 18.5 Å². The van der Waals surface area contributed by atoms with Crippen molar-refractivity contribution in [3.05, 3.63) is 102 Å². The smallest absolute Gasteiger partial charge is 0.182 e. The SMILES string of the molecule is CN(O)OC1CCC2C(S(=O)(=O)c3ccccc3)CC1(c1ccccc1)N2Cc1ccccc1. The van der Waals surface area contributed by atoms with Crippen molar-refractivity contribution in [2.24, 2.45) is 0 Å². The molecule has 0 aromatic heterocycles. The lowest BCUT2D eigenvalue weighted by Crippen LogP contribution is -2.57. The standard InChI is InChI=1S/C27H30N2O4S/c1-28(30)33-26-18-17-24-25(34(31,32)23-15-9-4-10-16-23)19-27(26,22-13-7-3-8-14-22)29(24)20-21-11-5-2-6-12-21/h2-16,24-26,30H,17-20H2,1H3. The van der Waals surface area contributed by atoms with Crippen molar-refractivity contribution in [2.45, 2.75) is 53.6 Å². The van der Waals surface area contributed by atoms with Crippen LogP contribution in [0.25, 0.3) is 0 Å². The van der Waals surface area contributed by atoms with Gasteiger partial charge in [-0.2, -0.15) is 0 Å². The van der Waals surface area contributed by atoms with Crippen molar-refractivity contribution in [3.63, 3.8) is 0 Å². The number of rotatable bonds is 7. The molecular weight excluding hydrogens is 448 g/mol. The van der Waals surface area contributed by atoms with Gasteiger partial charge in [0.05, 0.1) is 15.7 Å². The Morgan fingerprint density at radius 1 is 0.941 bits per heavy atom. The van der Waals surface area contributed by atoms with Gasteiger partial charge in [0.25, 0.3) is 0 Å². The number of hydrogen-bond acceptors (Lipinski definition) is 6. The van der Waals surface area contributed by atoms with Crippen LogP contribution >= 0.6 is 0 Å². The van der Waals surface area contributed by atoms with E-state index in [2.05, 4.69) is 17.0 Å². The highest BCUT2D eigenvalue weighted by atomic mass is 32.2. The molecular formula is C27H30N2O4S. The molecule has 7 heteroatoms. The van der Waals surface area contributed by atoms with Crippen LogP contribution in [-0.4, -0.2) is 48.2 Å². The number of sulfone groups is 1. The predicted molar refractivity (Wildman–Crippen MR) is 130 cm³/mol. The Morgan fingerprint density at radius 2 is 1.53 bits per heavy atom. The van der Waals surface area contributed by atoms with Gasteiger partial charge in [-0.3, -0.25) is 14.9 Å². The van der Waals surface area contributed by atoms with E-state index in [1.807, 2.05) is 54.6 Å². The number of nitrogens with zero attached hydrogens (tertiary/aromatic N) is 2. The molecule has 0 spiro atoms. The molecule has 2 bridgehead atoms. The summed E-state index contributed by atoms with van der Waals surface area (Å²) in [6, 6.07) is 28.7. The molecule has 4 atom stereocenters. The lowest BCUT2D eigenvalue weighted by molar-refractivity contribution is -0.365. The molecule has 2 aliphatic rings. The second-order valence-electron chi connectivity index (χ2n) is 9.21. The van der Waals surface area contributed by atoms with Gasteiger partial charge < -0.3 is 0 Å². The quantitative estimate of drug-likeness (QED) is 0.507. The monoisotopic (exact) mass is 478 g/mol. The Balaban J connectivity index is 1.67. The summed E-state index contributed by atoms with van der Waals surface area (Å²) in [7, 11) is -2.13. The molecule has 2 aliphatic heterocycles. The Hall–Kier alpha value is -2.55. The molecule has 0 saturated carbocycles. The average Bonchev–Trinajstić information content (AvgIpc) is 3.08. The molecule has 2 saturated heterocycles. The minimum absolute atomic E-state index is 0.172. The molecule has 0 aliphatic carbocycles. The summed E-state index contributed by atoms with van der Waals surface area (Å²) in [6.45, 7) is 0.593. The highest BCUT2D eigenvalue weighted by Gasteiger charge is 2.63. The maximum atomic E-state index is 14.0. The van der Waals surface area contributed by atoms with Crippen LogP contribution in [0, 0.1) is 0 Å². The summed E-state index contributed by atoms with van der Waals surface area (Å²) in [5.41, 5.74) is 1.42.